The topological polar surface area (TPSA) is 71.3 Å². The van der Waals surface area contributed by atoms with Crippen LogP contribution in [0.25, 0.3) is 0 Å². The highest BCUT2D eigenvalue weighted by Crippen LogP contribution is 2.22. The van der Waals surface area contributed by atoms with Gasteiger partial charge in [-0.25, -0.2) is 0 Å². The Morgan fingerprint density at radius 3 is 2.68 bits per heavy atom. The Morgan fingerprint density at radius 2 is 2.00 bits per heavy atom. The van der Waals surface area contributed by atoms with Crippen LogP contribution in [0.3, 0.4) is 0 Å². The van der Waals surface area contributed by atoms with Gasteiger partial charge >= 0.3 is 0 Å². The first kappa shape index (κ1) is 15.1. The molecule has 1 aromatic heterocycles. The first-order valence-electron chi connectivity index (χ1n) is 7.09. The van der Waals surface area contributed by atoms with Crippen molar-refractivity contribution in [3.63, 3.8) is 0 Å². The highest BCUT2D eigenvalue weighted by atomic mass is 32.2. The molecular formula is C14H19N5O2S. The zero-order valence-electron chi connectivity index (χ0n) is 12.7. The zero-order valence-corrected chi connectivity index (χ0v) is 13.5. The van der Waals surface area contributed by atoms with E-state index in [-0.39, 0.29) is 6.54 Å². The largest absolute Gasteiger partial charge is 0.320 e. The smallest absolute Gasteiger partial charge is 0.282 e. The molecule has 1 aromatic carbocycles. The number of aryl methyl sites for hydroxylation is 1. The van der Waals surface area contributed by atoms with Gasteiger partial charge in [-0.3, -0.25) is 0 Å². The van der Waals surface area contributed by atoms with E-state index in [0.29, 0.717) is 18.9 Å². The lowest BCUT2D eigenvalue weighted by atomic mass is 10.0. The van der Waals surface area contributed by atoms with Crippen LogP contribution in [0, 0.1) is 0 Å². The number of aromatic nitrogens is 3. The molecule has 0 atom stereocenters. The van der Waals surface area contributed by atoms with Crippen LogP contribution in [0.2, 0.25) is 0 Å². The number of benzene rings is 1. The predicted molar refractivity (Wildman–Crippen MR) is 81.9 cm³/mol. The summed E-state index contributed by atoms with van der Waals surface area (Å²) in [6.45, 7) is 1.13. The number of rotatable bonds is 4. The summed E-state index contributed by atoms with van der Waals surface area (Å²) in [6.07, 6.45) is 2.31. The molecule has 0 saturated heterocycles. The van der Waals surface area contributed by atoms with Crippen LogP contribution < -0.4 is 0 Å². The van der Waals surface area contributed by atoms with Crippen molar-refractivity contribution in [2.45, 2.75) is 19.5 Å². The molecule has 0 bridgehead atoms. The molecule has 0 saturated carbocycles. The van der Waals surface area contributed by atoms with Crippen molar-refractivity contribution in [3.05, 3.63) is 47.5 Å². The molecule has 0 radical (unpaired) electrons. The Kier molecular flexibility index (Phi) is 3.98. The molecule has 7 nitrogen and oxygen atoms in total. The molecule has 2 heterocycles. The monoisotopic (exact) mass is 321 g/mol. The summed E-state index contributed by atoms with van der Waals surface area (Å²) in [7, 11) is -0.140. The third-order valence-corrected chi connectivity index (χ3v) is 5.87. The molecule has 1 aliphatic rings. The van der Waals surface area contributed by atoms with Crippen molar-refractivity contribution in [3.8, 4) is 0 Å². The molecule has 2 aromatic rings. The van der Waals surface area contributed by atoms with Crippen LogP contribution in [-0.2, 0) is 36.8 Å². The summed E-state index contributed by atoms with van der Waals surface area (Å²) < 4.78 is 30.0. The van der Waals surface area contributed by atoms with Crippen molar-refractivity contribution in [1.82, 2.24) is 23.4 Å². The lowest BCUT2D eigenvalue weighted by Gasteiger charge is -2.31. The van der Waals surface area contributed by atoms with Gasteiger partial charge in [0.1, 0.15) is 12.2 Å². The summed E-state index contributed by atoms with van der Waals surface area (Å²) in [6, 6.07) is 7.98. The van der Waals surface area contributed by atoms with E-state index in [4.69, 9.17) is 0 Å². The molecule has 0 spiro atoms. The van der Waals surface area contributed by atoms with Gasteiger partial charge in [0.2, 0.25) is 0 Å². The number of fused-ring (bicyclic) bond motifs is 1. The third-order valence-electron chi connectivity index (χ3n) is 3.99. The minimum Gasteiger partial charge on any atom is -0.320 e. The average molecular weight is 321 g/mol. The van der Waals surface area contributed by atoms with E-state index in [2.05, 4.69) is 16.3 Å². The fourth-order valence-electron chi connectivity index (χ4n) is 2.59. The summed E-state index contributed by atoms with van der Waals surface area (Å²) in [5.41, 5.74) is 2.30. The molecular weight excluding hydrogens is 302 g/mol. The first-order chi connectivity index (χ1) is 10.5. The second-order valence-corrected chi connectivity index (χ2v) is 7.51. The molecule has 0 N–H and O–H groups in total. The highest BCUT2D eigenvalue weighted by molar-refractivity contribution is 7.86. The standard InChI is InChI=1S/C14H19N5O2S/c1-17-11-15-16-14(17)10-18(2)22(20,21)19-8-7-12-5-3-4-6-13(12)9-19/h3-6,11H,7-10H2,1-2H3. The maximum absolute atomic E-state index is 12.7. The van der Waals surface area contributed by atoms with Crippen LogP contribution in [0.15, 0.2) is 30.6 Å². The van der Waals surface area contributed by atoms with Crippen molar-refractivity contribution >= 4 is 10.2 Å². The van der Waals surface area contributed by atoms with Gasteiger partial charge in [-0.1, -0.05) is 24.3 Å². The maximum Gasteiger partial charge on any atom is 0.282 e. The molecule has 3 rings (SSSR count). The number of hydrogen-bond acceptors (Lipinski definition) is 4. The Morgan fingerprint density at radius 1 is 1.27 bits per heavy atom. The van der Waals surface area contributed by atoms with Crippen molar-refractivity contribution in [1.29, 1.82) is 0 Å². The van der Waals surface area contributed by atoms with Gasteiger partial charge in [0.25, 0.3) is 10.2 Å². The van der Waals surface area contributed by atoms with Gasteiger partial charge in [0.15, 0.2) is 0 Å². The fraction of sp³-hybridized carbons (Fsp3) is 0.429. The Bertz CT molecular complexity index is 771. The normalized spacial score (nSPS) is 16.0. The summed E-state index contributed by atoms with van der Waals surface area (Å²) in [4.78, 5) is 0. The lowest BCUT2D eigenvalue weighted by molar-refractivity contribution is 0.338. The van der Waals surface area contributed by atoms with Gasteiger partial charge in [-0.2, -0.15) is 17.0 Å². The van der Waals surface area contributed by atoms with E-state index in [1.54, 1.807) is 25.0 Å². The maximum atomic E-state index is 12.7. The van der Waals surface area contributed by atoms with Gasteiger partial charge in [-0.05, 0) is 17.5 Å². The predicted octanol–water partition coefficient (Wildman–Crippen LogP) is 0.550. The van der Waals surface area contributed by atoms with Crippen molar-refractivity contribution in [2.75, 3.05) is 13.6 Å². The van der Waals surface area contributed by atoms with E-state index in [1.807, 2.05) is 18.2 Å². The Labute approximate surface area is 130 Å². The average Bonchev–Trinajstić information content (AvgIpc) is 2.92. The molecule has 0 unspecified atom stereocenters. The third kappa shape index (κ3) is 2.77. The second-order valence-electron chi connectivity index (χ2n) is 5.47. The minimum absolute atomic E-state index is 0.205. The molecule has 0 amide bonds. The molecule has 0 aliphatic carbocycles. The first-order valence-corrected chi connectivity index (χ1v) is 8.49. The van der Waals surface area contributed by atoms with Crippen LogP contribution in [0.5, 0.6) is 0 Å². The van der Waals surface area contributed by atoms with Crippen LogP contribution in [-0.4, -0.2) is 45.4 Å². The molecule has 8 heteroatoms. The minimum atomic E-state index is -3.51. The van der Waals surface area contributed by atoms with Crippen molar-refractivity contribution in [2.24, 2.45) is 7.05 Å². The van der Waals surface area contributed by atoms with Gasteiger partial charge in [0.05, 0.1) is 6.54 Å². The van der Waals surface area contributed by atoms with Gasteiger partial charge in [-0.15, -0.1) is 10.2 Å². The van der Waals surface area contributed by atoms with E-state index in [0.717, 1.165) is 12.0 Å². The summed E-state index contributed by atoms with van der Waals surface area (Å²) in [5, 5.41) is 7.72. The Balaban J connectivity index is 1.77. The summed E-state index contributed by atoms with van der Waals surface area (Å²) >= 11 is 0. The molecule has 118 valence electrons. The molecule has 0 fully saturated rings. The Hall–Kier alpha value is -1.77. The quantitative estimate of drug-likeness (QED) is 0.824. The highest BCUT2D eigenvalue weighted by Gasteiger charge is 2.30. The van der Waals surface area contributed by atoms with E-state index >= 15 is 0 Å². The van der Waals surface area contributed by atoms with Gasteiger partial charge < -0.3 is 4.57 Å². The summed E-state index contributed by atoms with van der Waals surface area (Å²) in [5.74, 6) is 0.614. The van der Waals surface area contributed by atoms with Crippen LogP contribution >= 0.6 is 0 Å². The van der Waals surface area contributed by atoms with E-state index in [1.165, 1.54) is 14.2 Å². The van der Waals surface area contributed by atoms with E-state index in [9.17, 15) is 8.42 Å². The molecule has 1 aliphatic heterocycles. The number of hydrogen-bond donors (Lipinski definition) is 0. The van der Waals surface area contributed by atoms with E-state index < -0.39 is 10.2 Å². The second kappa shape index (κ2) is 5.79. The fourth-order valence-corrected chi connectivity index (χ4v) is 3.89. The zero-order chi connectivity index (χ0) is 15.7. The van der Waals surface area contributed by atoms with Crippen LogP contribution in [0.4, 0.5) is 0 Å². The lowest BCUT2D eigenvalue weighted by Crippen LogP contribution is -2.44. The van der Waals surface area contributed by atoms with Crippen LogP contribution in [0.1, 0.15) is 17.0 Å². The molecule has 22 heavy (non-hydrogen) atoms. The van der Waals surface area contributed by atoms with Gasteiger partial charge in [0, 0.05) is 27.2 Å². The SMILES string of the molecule is CN(Cc1nncn1C)S(=O)(=O)N1CCc2ccccc2C1. The van der Waals surface area contributed by atoms with Crippen molar-refractivity contribution < 1.29 is 8.42 Å². The number of nitrogens with zero attached hydrogens (tertiary/aromatic N) is 5.